The average molecular weight is 508 g/mol. The zero-order valence-electron chi connectivity index (χ0n) is 19.1. The minimum Gasteiger partial charge on any atom is -0.345 e. The maximum Gasteiger partial charge on any atom is 0.269 e. The molecule has 3 aromatic carbocycles. The Morgan fingerprint density at radius 2 is 1.80 bits per heavy atom. The molecule has 4 rings (SSSR count). The van der Waals surface area contributed by atoms with Crippen LogP contribution in [0.4, 0.5) is 5.69 Å². The van der Waals surface area contributed by atoms with Crippen LogP contribution in [0, 0.1) is 24.0 Å². The number of nitrogens with one attached hydrogen (secondary N) is 1. The van der Waals surface area contributed by atoms with Crippen LogP contribution in [-0.4, -0.2) is 25.6 Å². The first-order valence-corrected chi connectivity index (χ1v) is 12.1. The van der Waals surface area contributed by atoms with E-state index < -0.39 is 4.92 Å². The Kier molecular flexibility index (Phi) is 7.48. The van der Waals surface area contributed by atoms with Crippen molar-refractivity contribution in [2.45, 2.75) is 31.3 Å². The van der Waals surface area contributed by atoms with Crippen LogP contribution < -0.4 is 5.32 Å². The second-order valence-corrected chi connectivity index (χ2v) is 9.25. The second kappa shape index (κ2) is 10.7. The van der Waals surface area contributed by atoms with Crippen molar-refractivity contribution >= 4 is 35.0 Å². The van der Waals surface area contributed by atoms with Gasteiger partial charge in [-0.25, -0.2) is 0 Å². The molecule has 0 saturated heterocycles. The molecule has 1 aromatic heterocycles. The van der Waals surface area contributed by atoms with Crippen LogP contribution in [0.1, 0.15) is 32.9 Å². The number of amides is 1. The summed E-state index contributed by atoms with van der Waals surface area (Å²) < 4.78 is 1.90. The number of carbonyl (C=O) groups is 1. The van der Waals surface area contributed by atoms with Gasteiger partial charge in [-0.05, 0) is 54.8 Å². The Hall–Kier alpha value is -3.69. The topological polar surface area (TPSA) is 103 Å². The highest BCUT2D eigenvalue weighted by atomic mass is 35.5. The zero-order chi connectivity index (χ0) is 24.9. The van der Waals surface area contributed by atoms with Crippen LogP contribution in [0.15, 0.2) is 71.9 Å². The van der Waals surface area contributed by atoms with E-state index in [1.165, 1.54) is 35.4 Å². The number of hydrogen-bond donors (Lipinski definition) is 1. The molecule has 0 bridgehead atoms. The standard InChI is InChI=1S/C25H22ClN5O3S/c1-16-5-3-4-6-19(16)15-35-25-29-28-23(30(25)22-13-20(26)10-7-17(22)2)14-27-24(32)18-8-11-21(12-9-18)31(33)34/h3-13H,14-15H2,1-2H3,(H,27,32). The van der Waals surface area contributed by atoms with Gasteiger partial charge in [-0.1, -0.05) is 53.7 Å². The largest absolute Gasteiger partial charge is 0.345 e. The van der Waals surface area contributed by atoms with E-state index in [2.05, 4.69) is 34.6 Å². The third-order valence-corrected chi connectivity index (χ3v) is 6.69. The van der Waals surface area contributed by atoms with Crippen LogP contribution in [0.5, 0.6) is 0 Å². The molecule has 10 heteroatoms. The van der Waals surface area contributed by atoms with Gasteiger partial charge in [0.1, 0.15) is 0 Å². The van der Waals surface area contributed by atoms with Crippen LogP contribution in [0.3, 0.4) is 0 Å². The van der Waals surface area contributed by atoms with Crippen LogP contribution in [0.25, 0.3) is 5.69 Å². The first-order chi connectivity index (χ1) is 16.8. The van der Waals surface area contributed by atoms with Crippen LogP contribution in [0.2, 0.25) is 5.02 Å². The monoisotopic (exact) mass is 507 g/mol. The van der Waals surface area contributed by atoms with E-state index in [1.807, 2.05) is 41.8 Å². The highest BCUT2D eigenvalue weighted by molar-refractivity contribution is 7.98. The number of hydrogen-bond acceptors (Lipinski definition) is 6. The van der Waals surface area contributed by atoms with Gasteiger partial charge in [0, 0.05) is 28.5 Å². The molecule has 1 heterocycles. The van der Waals surface area contributed by atoms with Gasteiger partial charge >= 0.3 is 0 Å². The Labute approximate surface area is 211 Å². The molecule has 0 radical (unpaired) electrons. The molecule has 0 saturated carbocycles. The van der Waals surface area contributed by atoms with E-state index in [9.17, 15) is 14.9 Å². The van der Waals surface area contributed by atoms with Crippen LogP contribution >= 0.6 is 23.4 Å². The van der Waals surface area contributed by atoms with Gasteiger partial charge < -0.3 is 5.32 Å². The second-order valence-electron chi connectivity index (χ2n) is 7.87. The first-order valence-electron chi connectivity index (χ1n) is 10.7. The minimum absolute atomic E-state index is 0.0759. The summed E-state index contributed by atoms with van der Waals surface area (Å²) in [4.78, 5) is 23.0. The van der Waals surface area contributed by atoms with Crippen molar-refractivity contribution in [2.75, 3.05) is 0 Å². The number of nitro groups is 1. The molecule has 0 aliphatic rings. The normalized spacial score (nSPS) is 10.8. The van der Waals surface area contributed by atoms with E-state index in [-0.39, 0.29) is 18.1 Å². The van der Waals surface area contributed by atoms with Gasteiger partial charge in [0.05, 0.1) is 17.2 Å². The van der Waals surface area contributed by atoms with Gasteiger partial charge in [0.25, 0.3) is 11.6 Å². The van der Waals surface area contributed by atoms with E-state index in [4.69, 9.17) is 11.6 Å². The molecule has 0 unspecified atom stereocenters. The van der Waals surface area contributed by atoms with Crippen LogP contribution in [-0.2, 0) is 12.3 Å². The Morgan fingerprint density at radius 3 is 2.51 bits per heavy atom. The lowest BCUT2D eigenvalue weighted by molar-refractivity contribution is -0.384. The SMILES string of the molecule is Cc1ccccc1CSc1nnc(CNC(=O)c2ccc([N+](=O)[O-])cc2)n1-c1cc(Cl)ccc1C. The fraction of sp³-hybridized carbons (Fsp3) is 0.160. The molecule has 0 atom stereocenters. The summed E-state index contributed by atoms with van der Waals surface area (Å²) in [5.41, 5.74) is 4.44. The number of nitrogens with zero attached hydrogens (tertiary/aromatic N) is 4. The maximum atomic E-state index is 12.7. The fourth-order valence-corrected chi connectivity index (χ4v) is 4.69. The van der Waals surface area contributed by atoms with Crippen molar-refractivity contribution in [3.8, 4) is 5.69 Å². The van der Waals surface area contributed by atoms with E-state index in [1.54, 1.807) is 11.8 Å². The fourth-order valence-electron chi connectivity index (χ4n) is 3.48. The van der Waals surface area contributed by atoms with Crippen molar-refractivity contribution in [3.63, 3.8) is 0 Å². The smallest absolute Gasteiger partial charge is 0.269 e. The number of aryl methyl sites for hydroxylation is 2. The molecule has 4 aromatic rings. The third-order valence-electron chi connectivity index (χ3n) is 5.48. The number of thioether (sulfide) groups is 1. The van der Waals surface area contributed by atoms with Crippen molar-refractivity contribution < 1.29 is 9.72 Å². The quantitative estimate of drug-likeness (QED) is 0.187. The highest BCUT2D eigenvalue weighted by Gasteiger charge is 2.18. The van der Waals surface area contributed by atoms with Gasteiger partial charge in [-0.15, -0.1) is 10.2 Å². The summed E-state index contributed by atoms with van der Waals surface area (Å²) in [6.45, 7) is 4.15. The number of benzene rings is 3. The minimum atomic E-state index is -0.506. The lowest BCUT2D eigenvalue weighted by atomic mass is 10.1. The summed E-state index contributed by atoms with van der Waals surface area (Å²) in [5, 5.41) is 23.7. The van der Waals surface area contributed by atoms with Crippen molar-refractivity contribution in [3.05, 3.63) is 110 Å². The van der Waals surface area contributed by atoms with Crippen molar-refractivity contribution in [2.24, 2.45) is 0 Å². The van der Waals surface area contributed by atoms with Crippen molar-refractivity contribution in [1.29, 1.82) is 0 Å². The predicted molar refractivity (Wildman–Crippen MR) is 136 cm³/mol. The van der Waals surface area contributed by atoms with Crippen molar-refractivity contribution in [1.82, 2.24) is 20.1 Å². The Balaban J connectivity index is 1.60. The predicted octanol–water partition coefficient (Wildman–Crippen LogP) is 5.67. The molecule has 0 aliphatic carbocycles. The molecule has 8 nitrogen and oxygen atoms in total. The molecule has 178 valence electrons. The molecular weight excluding hydrogens is 486 g/mol. The van der Waals surface area contributed by atoms with E-state index in [0.717, 1.165) is 11.3 Å². The first kappa shape index (κ1) is 24.4. The lowest BCUT2D eigenvalue weighted by Crippen LogP contribution is -2.24. The van der Waals surface area contributed by atoms with Gasteiger partial charge in [0.2, 0.25) is 0 Å². The Bertz CT molecular complexity index is 1390. The number of nitro benzene ring substituents is 1. The molecule has 0 fully saturated rings. The third kappa shape index (κ3) is 5.70. The number of rotatable bonds is 8. The zero-order valence-corrected chi connectivity index (χ0v) is 20.6. The highest BCUT2D eigenvalue weighted by Crippen LogP contribution is 2.29. The molecular formula is C25H22ClN5O3S. The van der Waals surface area contributed by atoms with E-state index in [0.29, 0.717) is 27.3 Å². The van der Waals surface area contributed by atoms with Gasteiger partial charge in [-0.3, -0.25) is 19.5 Å². The summed E-state index contributed by atoms with van der Waals surface area (Å²) in [5.74, 6) is 0.879. The summed E-state index contributed by atoms with van der Waals surface area (Å²) in [7, 11) is 0. The molecule has 1 N–H and O–H groups in total. The van der Waals surface area contributed by atoms with E-state index >= 15 is 0 Å². The summed E-state index contributed by atoms with van der Waals surface area (Å²) >= 11 is 7.85. The lowest BCUT2D eigenvalue weighted by Gasteiger charge is -2.14. The Morgan fingerprint density at radius 1 is 1.06 bits per heavy atom. The number of carbonyl (C=O) groups excluding carboxylic acids is 1. The molecule has 0 aliphatic heterocycles. The maximum absolute atomic E-state index is 12.7. The molecule has 1 amide bonds. The summed E-state index contributed by atoms with van der Waals surface area (Å²) in [6, 6.07) is 19.2. The molecule has 0 spiro atoms. The summed E-state index contributed by atoms with van der Waals surface area (Å²) in [6.07, 6.45) is 0. The average Bonchev–Trinajstić information content (AvgIpc) is 3.26. The van der Waals surface area contributed by atoms with Gasteiger partial charge in [0.15, 0.2) is 11.0 Å². The number of non-ortho nitro benzene ring substituents is 1. The number of aromatic nitrogens is 3. The molecule has 35 heavy (non-hydrogen) atoms. The number of halogens is 1. The van der Waals surface area contributed by atoms with Gasteiger partial charge in [-0.2, -0.15) is 0 Å².